The van der Waals surface area contributed by atoms with Crippen LogP contribution in [0.15, 0.2) is 48.5 Å². The molecule has 0 aromatic heterocycles. The zero-order valence-corrected chi connectivity index (χ0v) is 16.0. The van der Waals surface area contributed by atoms with E-state index in [1.54, 1.807) is 4.90 Å². The van der Waals surface area contributed by atoms with Crippen LogP contribution in [-0.2, 0) is 12.0 Å². The maximum absolute atomic E-state index is 12.9. The van der Waals surface area contributed by atoms with Crippen LogP contribution in [0.2, 0.25) is 0 Å². The van der Waals surface area contributed by atoms with Gasteiger partial charge in [-0.25, -0.2) is 9.18 Å². The van der Waals surface area contributed by atoms with Crippen molar-refractivity contribution in [2.24, 2.45) is 11.7 Å². The molecule has 2 aromatic rings. The first-order chi connectivity index (χ1) is 12.8. The second kappa shape index (κ2) is 8.09. The van der Waals surface area contributed by atoms with Crippen LogP contribution in [0.4, 0.5) is 9.18 Å². The van der Waals surface area contributed by atoms with E-state index in [0.29, 0.717) is 24.8 Å². The molecule has 2 aromatic carbocycles. The Kier molecular flexibility index (Phi) is 5.80. The van der Waals surface area contributed by atoms with E-state index in [-0.39, 0.29) is 17.4 Å². The Hall–Kier alpha value is -2.40. The molecular weight excluding hydrogens is 343 g/mol. The van der Waals surface area contributed by atoms with E-state index in [1.807, 2.05) is 13.8 Å². The Labute approximate surface area is 160 Å². The van der Waals surface area contributed by atoms with Gasteiger partial charge in [0.2, 0.25) is 0 Å². The first-order valence-corrected chi connectivity index (χ1v) is 9.42. The highest BCUT2D eigenvalue weighted by Gasteiger charge is 2.24. The average Bonchev–Trinajstić information content (AvgIpc) is 2.64. The van der Waals surface area contributed by atoms with Crippen LogP contribution in [0.3, 0.4) is 0 Å². The van der Waals surface area contributed by atoms with Gasteiger partial charge in [-0.05, 0) is 74.4 Å². The predicted octanol–water partition coefficient (Wildman–Crippen LogP) is 4.47. The average molecular weight is 370 g/mol. The first-order valence-electron chi connectivity index (χ1n) is 9.42. The third-order valence-corrected chi connectivity index (χ3v) is 5.11. The highest BCUT2D eigenvalue weighted by molar-refractivity contribution is 5.70. The number of amides is 1. The fourth-order valence-corrected chi connectivity index (χ4v) is 3.39. The molecule has 0 bridgehead atoms. The molecule has 0 spiro atoms. The molecule has 0 saturated carbocycles. The lowest BCUT2D eigenvalue weighted by molar-refractivity contribution is 0.131. The number of benzene rings is 2. The fourth-order valence-electron chi connectivity index (χ4n) is 3.39. The minimum absolute atomic E-state index is 0.325. The zero-order chi connectivity index (χ0) is 19.4. The summed E-state index contributed by atoms with van der Waals surface area (Å²) in [7, 11) is 0. The Morgan fingerprint density at radius 3 is 2.26 bits per heavy atom. The molecule has 0 aliphatic carbocycles. The number of piperidine rings is 1. The molecule has 1 amide bonds. The molecule has 1 heterocycles. The summed E-state index contributed by atoms with van der Waals surface area (Å²) < 4.78 is 18.2. The normalized spacial score (nSPS) is 15.6. The van der Waals surface area contributed by atoms with E-state index < -0.39 is 0 Å². The Balaban J connectivity index is 1.48. The second-order valence-corrected chi connectivity index (χ2v) is 7.88. The molecule has 0 atom stereocenters. The van der Waals surface area contributed by atoms with Gasteiger partial charge < -0.3 is 15.4 Å². The van der Waals surface area contributed by atoms with Gasteiger partial charge in [-0.15, -0.1) is 0 Å². The molecular formula is C22H27FN2O2. The van der Waals surface area contributed by atoms with Gasteiger partial charge in [0.1, 0.15) is 11.6 Å². The number of nitrogens with two attached hydrogens (primary N) is 1. The summed E-state index contributed by atoms with van der Waals surface area (Å²) >= 11 is 0. The molecule has 3 rings (SSSR count). The monoisotopic (exact) mass is 370 g/mol. The summed E-state index contributed by atoms with van der Waals surface area (Å²) in [4.78, 5) is 14.0. The van der Waals surface area contributed by atoms with Gasteiger partial charge in [-0.3, -0.25) is 0 Å². The summed E-state index contributed by atoms with van der Waals surface area (Å²) in [6, 6.07) is 14.0. The van der Waals surface area contributed by atoms with Gasteiger partial charge >= 0.3 is 6.09 Å². The number of carbonyl (C=O) groups is 1. The van der Waals surface area contributed by atoms with Crippen molar-refractivity contribution in [3.63, 3.8) is 0 Å². The van der Waals surface area contributed by atoms with Crippen molar-refractivity contribution < 1.29 is 13.9 Å². The van der Waals surface area contributed by atoms with Crippen molar-refractivity contribution in [2.75, 3.05) is 13.1 Å². The topological polar surface area (TPSA) is 55.6 Å². The van der Waals surface area contributed by atoms with Crippen LogP contribution in [0.5, 0.6) is 5.75 Å². The molecule has 5 heteroatoms. The molecule has 0 radical (unpaired) electrons. The van der Waals surface area contributed by atoms with Crippen molar-refractivity contribution in [2.45, 2.75) is 38.6 Å². The highest BCUT2D eigenvalue weighted by Crippen LogP contribution is 2.24. The summed E-state index contributed by atoms with van der Waals surface area (Å²) in [5.74, 6) is 0.571. The summed E-state index contributed by atoms with van der Waals surface area (Å²) in [6.07, 6.45) is 2.53. The lowest BCUT2D eigenvalue weighted by Crippen LogP contribution is -2.40. The van der Waals surface area contributed by atoms with Gasteiger partial charge in [-0.2, -0.15) is 0 Å². The van der Waals surface area contributed by atoms with E-state index in [9.17, 15) is 9.18 Å². The molecule has 1 saturated heterocycles. The highest BCUT2D eigenvalue weighted by atomic mass is 19.1. The SMILES string of the molecule is CC(C)(N)c1ccc(CC2CCN(C(=O)Oc3ccc(F)cc3)CC2)cc1. The van der Waals surface area contributed by atoms with Gasteiger partial charge in [0, 0.05) is 18.6 Å². The molecule has 1 fully saturated rings. The smallest absolute Gasteiger partial charge is 0.410 e. The summed E-state index contributed by atoms with van der Waals surface area (Å²) in [5, 5.41) is 0. The third-order valence-electron chi connectivity index (χ3n) is 5.11. The maximum atomic E-state index is 12.9. The van der Waals surface area contributed by atoms with Gasteiger partial charge in [-0.1, -0.05) is 24.3 Å². The molecule has 4 nitrogen and oxygen atoms in total. The Morgan fingerprint density at radius 1 is 1.11 bits per heavy atom. The minimum atomic E-state index is -0.366. The summed E-state index contributed by atoms with van der Waals surface area (Å²) in [5.41, 5.74) is 8.24. The molecule has 144 valence electrons. The number of ether oxygens (including phenoxy) is 1. The maximum Gasteiger partial charge on any atom is 0.415 e. The number of carbonyl (C=O) groups excluding carboxylic acids is 1. The van der Waals surface area contributed by atoms with Crippen molar-refractivity contribution >= 4 is 6.09 Å². The number of hydrogen-bond donors (Lipinski definition) is 1. The molecule has 27 heavy (non-hydrogen) atoms. The molecule has 2 N–H and O–H groups in total. The van der Waals surface area contributed by atoms with E-state index in [1.165, 1.54) is 29.8 Å². The molecule has 0 unspecified atom stereocenters. The summed E-state index contributed by atoms with van der Waals surface area (Å²) in [6.45, 7) is 5.36. The lowest BCUT2D eigenvalue weighted by Gasteiger charge is -2.31. The minimum Gasteiger partial charge on any atom is -0.410 e. The van der Waals surface area contributed by atoms with Crippen LogP contribution in [-0.4, -0.2) is 24.1 Å². The van der Waals surface area contributed by atoms with Gasteiger partial charge in [0.15, 0.2) is 0 Å². The van der Waals surface area contributed by atoms with Crippen LogP contribution < -0.4 is 10.5 Å². The van der Waals surface area contributed by atoms with Crippen molar-refractivity contribution in [1.82, 2.24) is 4.90 Å². The van der Waals surface area contributed by atoms with E-state index in [4.69, 9.17) is 10.5 Å². The van der Waals surface area contributed by atoms with Crippen molar-refractivity contribution in [1.29, 1.82) is 0 Å². The number of halogens is 1. The number of likely N-dealkylation sites (tertiary alicyclic amines) is 1. The Bertz CT molecular complexity index is 758. The number of rotatable bonds is 4. The first kappa shape index (κ1) is 19.4. The predicted molar refractivity (Wildman–Crippen MR) is 104 cm³/mol. The Morgan fingerprint density at radius 2 is 1.70 bits per heavy atom. The van der Waals surface area contributed by atoms with Crippen molar-refractivity contribution in [3.8, 4) is 5.75 Å². The van der Waals surface area contributed by atoms with Crippen LogP contribution >= 0.6 is 0 Å². The fraction of sp³-hybridized carbons (Fsp3) is 0.409. The van der Waals surface area contributed by atoms with Crippen molar-refractivity contribution in [3.05, 3.63) is 65.5 Å². The molecule has 1 aliphatic heterocycles. The second-order valence-electron chi connectivity index (χ2n) is 7.88. The van der Waals surface area contributed by atoms with Crippen LogP contribution in [0.25, 0.3) is 0 Å². The van der Waals surface area contributed by atoms with Crippen LogP contribution in [0, 0.1) is 11.7 Å². The van der Waals surface area contributed by atoms with Crippen LogP contribution in [0.1, 0.15) is 37.8 Å². The third kappa shape index (κ3) is 5.30. The number of nitrogens with zero attached hydrogens (tertiary/aromatic N) is 1. The number of hydrogen-bond acceptors (Lipinski definition) is 3. The van der Waals surface area contributed by atoms with E-state index in [2.05, 4.69) is 24.3 Å². The van der Waals surface area contributed by atoms with Gasteiger partial charge in [0.25, 0.3) is 0 Å². The van der Waals surface area contributed by atoms with Gasteiger partial charge in [0.05, 0.1) is 0 Å². The standard InChI is InChI=1S/C22H27FN2O2/c1-22(2,24)18-5-3-16(4-6-18)15-17-11-13-25(14-12-17)21(26)27-20-9-7-19(23)8-10-20/h3-10,17H,11-15,24H2,1-2H3. The zero-order valence-electron chi connectivity index (χ0n) is 16.0. The van der Waals surface area contributed by atoms with E-state index in [0.717, 1.165) is 24.8 Å². The lowest BCUT2D eigenvalue weighted by atomic mass is 9.88. The molecule has 1 aliphatic rings. The quantitative estimate of drug-likeness (QED) is 0.864. The largest absolute Gasteiger partial charge is 0.415 e. The van der Waals surface area contributed by atoms with E-state index >= 15 is 0 Å².